The summed E-state index contributed by atoms with van der Waals surface area (Å²) in [5.74, 6) is -0.564. The van der Waals surface area contributed by atoms with Crippen LogP contribution in [0.3, 0.4) is 0 Å². The molecule has 2 aromatic heterocycles. The van der Waals surface area contributed by atoms with Crippen LogP contribution in [0.1, 0.15) is 4.88 Å². The van der Waals surface area contributed by atoms with Gasteiger partial charge in [0.1, 0.15) is 4.49 Å². The third-order valence-corrected chi connectivity index (χ3v) is 4.23. The van der Waals surface area contributed by atoms with Crippen LogP contribution in [0, 0.1) is 0 Å². The van der Waals surface area contributed by atoms with Gasteiger partial charge in [0.05, 0.1) is 4.88 Å². The van der Waals surface area contributed by atoms with E-state index in [1.165, 1.54) is 11.3 Å². The van der Waals surface area contributed by atoms with E-state index in [2.05, 4.69) is 0 Å². The fraction of sp³-hybridized carbons (Fsp3) is 0. The molecular weight excluding hydrogens is 274 g/mol. The minimum absolute atomic E-state index is 0.324. The average molecular weight is 279 g/mol. The van der Waals surface area contributed by atoms with Crippen LogP contribution >= 0.6 is 45.9 Å². The lowest BCUT2D eigenvalue weighted by molar-refractivity contribution is 0.764. The molecule has 0 N–H and O–H groups in total. The molecular formula is C10H5Cl2FS2. The molecule has 0 aromatic carbocycles. The van der Waals surface area contributed by atoms with Crippen LogP contribution in [-0.4, -0.2) is 0 Å². The van der Waals surface area contributed by atoms with Gasteiger partial charge in [0.15, 0.2) is 5.83 Å². The molecule has 0 saturated heterocycles. The SMILES string of the molecule is FC(=C(Cl)Cl)c1ccc(-c2cccs2)s1. The Morgan fingerprint density at radius 2 is 1.93 bits per heavy atom. The van der Waals surface area contributed by atoms with Crippen molar-refractivity contribution in [1.82, 2.24) is 0 Å². The zero-order valence-electron chi connectivity index (χ0n) is 7.34. The summed E-state index contributed by atoms with van der Waals surface area (Å²) < 4.78 is 13.0. The number of hydrogen-bond acceptors (Lipinski definition) is 2. The van der Waals surface area contributed by atoms with Crippen molar-refractivity contribution in [3.05, 3.63) is 39.0 Å². The molecule has 0 aliphatic rings. The van der Waals surface area contributed by atoms with Crippen molar-refractivity contribution in [3.63, 3.8) is 0 Å². The summed E-state index contributed by atoms with van der Waals surface area (Å²) in [6.07, 6.45) is 0. The number of thiophene rings is 2. The Morgan fingerprint density at radius 1 is 1.13 bits per heavy atom. The maximum atomic E-state index is 13.3. The molecule has 0 aliphatic carbocycles. The van der Waals surface area contributed by atoms with E-state index in [-0.39, 0.29) is 4.49 Å². The minimum Gasteiger partial charge on any atom is -0.203 e. The molecule has 0 radical (unpaired) electrons. The van der Waals surface area contributed by atoms with Crippen molar-refractivity contribution in [2.75, 3.05) is 0 Å². The van der Waals surface area contributed by atoms with E-state index < -0.39 is 5.83 Å². The number of hydrogen-bond donors (Lipinski definition) is 0. The van der Waals surface area contributed by atoms with Crippen LogP contribution in [0.2, 0.25) is 0 Å². The summed E-state index contributed by atoms with van der Waals surface area (Å²) >= 11 is 13.7. The van der Waals surface area contributed by atoms with Gasteiger partial charge in [-0.25, -0.2) is 4.39 Å². The lowest BCUT2D eigenvalue weighted by Crippen LogP contribution is -1.67. The molecule has 78 valence electrons. The van der Waals surface area contributed by atoms with Crippen LogP contribution in [0.5, 0.6) is 0 Å². The fourth-order valence-corrected chi connectivity index (χ4v) is 3.20. The van der Waals surface area contributed by atoms with E-state index in [9.17, 15) is 4.39 Å². The second-order valence-corrected chi connectivity index (χ2v) is 5.70. The van der Waals surface area contributed by atoms with Crippen molar-refractivity contribution in [3.8, 4) is 9.75 Å². The standard InChI is InChI=1S/C10H5Cl2FS2/c11-10(12)9(13)8-4-3-7(15-8)6-2-1-5-14-6/h1-5H. The molecule has 0 aliphatic heterocycles. The monoisotopic (exact) mass is 278 g/mol. The van der Waals surface area contributed by atoms with E-state index >= 15 is 0 Å². The van der Waals surface area contributed by atoms with Crippen LogP contribution in [0.15, 0.2) is 34.1 Å². The van der Waals surface area contributed by atoms with E-state index in [0.717, 1.165) is 9.75 Å². The van der Waals surface area contributed by atoms with Gasteiger partial charge in [0.2, 0.25) is 0 Å². The van der Waals surface area contributed by atoms with Crippen LogP contribution < -0.4 is 0 Å². The summed E-state index contributed by atoms with van der Waals surface area (Å²) in [6, 6.07) is 7.49. The first-order valence-corrected chi connectivity index (χ1v) is 6.48. The highest BCUT2D eigenvalue weighted by atomic mass is 35.5. The van der Waals surface area contributed by atoms with E-state index in [4.69, 9.17) is 23.2 Å². The van der Waals surface area contributed by atoms with Crippen molar-refractivity contribution in [2.24, 2.45) is 0 Å². The maximum Gasteiger partial charge on any atom is 0.170 e. The zero-order valence-corrected chi connectivity index (χ0v) is 10.5. The van der Waals surface area contributed by atoms with Crippen molar-refractivity contribution >= 4 is 51.7 Å². The molecule has 0 saturated carbocycles. The normalized spacial score (nSPS) is 10.3. The van der Waals surface area contributed by atoms with Gasteiger partial charge in [-0.1, -0.05) is 29.3 Å². The molecule has 2 heterocycles. The summed E-state index contributed by atoms with van der Waals surface area (Å²) in [5.41, 5.74) is 0. The molecule has 0 fully saturated rings. The number of halogens is 3. The minimum atomic E-state index is -0.564. The molecule has 0 bridgehead atoms. The Bertz CT molecular complexity index is 481. The van der Waals surface area contributed by atoms with Crippen molar-refractivity contribution in [1.29, 1.82) is 0 Å². The molecule has 5 heteroatoms. The first-order valence-electron chi connectivity index (χ1n) is 4.03. The highest BCUT2D eigenvalue weighted by molar-refractivity contribution is 7.21. The van der Waals surface area contributed by atoms with Crippen LogP contribution in [-0.2, 0) is 0 Å². The predicted octanol–water partition coefficient (Wildman–Crippen LogP) is 5.55. The van der Waals surface area contributed by atoms with Crippen molar-refractivity contribution in [2.45, 2.75) is 0 Å². The third-order valence-electron chi connectivity index (χ3n) is 1.75. The van der Waals surface area contributed by atoms with Gasteiger partial charge in [-0.2, -0.15) is 0 Å². The van der Waals surface area contributed by atoms with Gasteiger partial charge >= 0.3 is 0 Å². The molecule has 0 amide bonds. The molecule has 0 atom stereocenters. The molecule has 15 heavy (non-hydrogen) atoms. The Morgan fingerprint density at radius 3 is 2.53 bits per heavy atom. The highest BCUT2D eigenvalue weighted by Gasteiger charge is 2.10. The summed E-state index contributed by atoms with van der Waals surface area (Å²) in [6.45, 7) is 0. The first kappa shape index (κ1) is 11.1. The smallest absolute Gasteiger partial charge is 0.170 e. The summed E-state index contributed by atoms with van der Waals surface area (Å²) in [4.78, 5) is 2.59. The second kappa shape index (κ2) is 4.66. The fourth-order valence-electron chi connectivity index (χ4n) is 1.10. The lowest BCUT2D eigenvalue weighted by Gasteiger charge is -1.91. The topological polar surface area (TPSA) is 0 Å². The molecule has 0 nitrogen and oxygen atoms in total. The van der Waals surface area contributed by atoms with E-state index in [1.807, 2.05) is 23.6 Å². The van der Waals surface area contributed by atoms with Gasteiger partial charge in [-0.3, -0.25) is 0 Å². The quantitative estimate of drug-likeness (QED) is 0.676. The Balaban J connectivity index is 2.37. The summed E-state index contributed by atoms with van der Waals surface area (Å²) in [5, 5.41) is 1.98. The van der Waals surface area contributed by atoms with Gasteiger partial charge in [-0.05, 0) is 23.6 Å². The molecule has 2 rings (SSSR count). The molecule has 2 aromatic rings. The average Bonchev–Trinajstić information content (AvgIpc) is 2.86. The van der Waals surface area contributed by atoms with Gasteiger partial charge < -0.3 is 0 Å². The van der Waals surface area contributed by atoms with Crippen molar-refractivity contribution < 1.29 is 4.39 Å². The highest BCUT2D eigenvalue weighted by Crippen LogP contribution is 2.36. The second-order valence-electron chi connectivity index (χ2n) is 2.72. The lowest BCUT2D eigenvalue weighted by atomic mass is 10.3. The Hall–Kier alpha value is -0.350. The largest absolute Gasteiger partial charge is 0.203 e. The van der Waals surface area contributed by atoms with E-state index in [0.29, 0.717) is 4.88 Å². The predicted molar refractivity (Wildman–Crippen MR) is 67.4 cm³/mol. The Labute approximate surface area is 105 Å². The van der Waals surface area contributed by atoms with Crippen LogP contribution in [0.25, 0.3) is 15.6 Å². The van der Waals surface area contributed by atoms with Gasteiger partial charge in [0, 0.05) is 9.75 Å². The first-order chi connectivity index (χ1) is 7.18. The van der Waals surface area contributed by atoms with Gasteiger partial charge in [0.25, 0.3) is 0 Å². The van der Waals surface area contributed by atoms with E-state index in [1.54, 1.807) is 17.4 Å². The van der Waals surface area contributed by atoms with Gasteiger partial charge in [-0.15, -0.1) is 22.7 Å². The third kappa shape index (κ3) is 2.42. The Kier molecular flexibility index (Phi) is 3.46. The maximum absolute atomic E-state index is 13.3. The number of rotatable bonds is 2. The zero-order chi connectivity index (χ0) is 10.8. The molecule has 0 unspecified atom stereocenters. The summed E-state index contributed by atoms with van der Waals surface area (Å²) in [7, 11) is 0. The van der Waals surface area contributed by atoms with Crippen LogP contribution in [0.4, 0.5) is 4.39 Å². The molecule has 0 spiro atoms.